The van der Waals surface area contributed by atoms with Gasteiger partial charge in [-0.15, -0.1) is 0 Å². The van der Waals surface area contributed by atoms with Crippen LogP contribution in [0.5, 0.6) is 11.5 Å². The number of amides is 5. The Morgan fingerprint density at radius 1 is 0.889 bits per heavy atom. The Labute approximate surface area is 472 Å². The van der Waals surface area contributed by atoms with Gasteiger partial charge in [-0.25, -0.2) is 18.1 Å². The number of piperazine rings is 1. The average Bonchev–Trinajstić information content (AvgIpc) is 4.06. The molecule has 3 aliphatic heterocycles. The number of piperidine rings is 1. The fraction of sp³-hybridized carbons (Fsp3) is 0.356. The number of benzene rings is 4. The minimum atomic E-state index is -4.67. The summed E-state index contributed by atoms with van der Waals surface area (Å²) >= 11 is 6.26. The maximum absolute atomic E-state index is 14.2. The third-order valence-electron chi connectivity index (χ3n) is 16.3. The number of hydrogen-bond acceptors (Lipinski definition) is 15. The first-order valence-corrected chi connectivity index (χ1v) is 29.1. The number of imide groups is 2. The second kappa shape index (κ2) is 22.4. The van der Waals surface area contributed by atoms with E-state index in [-0.39, 0.29) is 58.3 Å². The molecule has 2 aliphatic carbocycles. The van der Waals surface area contributed by atoms with Crippen LogP contribution in [0.4, 0.5) is 22.7 Å². The highest BCUT2D eigenvalue weighted by molar-refractivity contribution is 7.90. The van der Waals surface area contributed by atoms with Crippen LogP contribution in [0.3, 0.4) is 0 Å². The summed E-state index contributed by atoms with van der Waals surface area (Å²) in [6, 6.07) is 23.9. The Hall–Kier alpha value is -8.14. The third kappa shape index (κ3) is 11.7. The van der Waals surface area contributed by atoms with Crippen molar-refractivity contribution < 1.29 is 42.1 Å². The number of hydrogen-bond donors (Lipinski definition) is 5. The van der Waals surface area contributed by atoms with Gasteiger partial charge in [0.05, 0.1) is 32.7 Å². The number of nitro benzene ring substituents is 1. The average molecular weight is 1140 g/mol. The van der Waals surface area contributed by atoms with Crippen LogP contribution < -0.4 is 30.3 Å². The molecule has 420 valence electrons. The van der Waals surface area contributed by atoms with Crippen LogP contribution in [0.25, 0.3) is 16.6 Å². The van der Waals surface area contributed by atoms with Crippen LogP contribution in [0.15, 0.2) is 114 Å². The van der Waals surface area contributed by atoms with Crippen molar-refractivity contribution in [2.75, 3.05) is 54.8 Å². The number of nitrogens with zero attached hydrogens (tertiary/aromatic N) is 5. The number of nitrogens with one attached hydrogen (secondary N) is 5. The molecule has 1 saturated carbocycles. The fourth-order valence-corrected chi connectivity index (χ4v) is 12.9. The molecule has 0 radical (unpaired) electrons. The number of fused-ring (bicyclic) bond motifs is 2. The smallest absolute Gasteiger partial charge is 0.293 e. The first-order chi connectivity index (χ1) is 38.9. The van der Waals surface area contributed by atoms with Crippen molar-refractivity contribution in [2.45, 2.75) is 88.6 Å². The molecule has 3 fully saturated rings. The molecule has 5 N–H and O–H groups in total. The van der Waals surface area contributed by atoms with E-state index in [4.69, 9.17) is 16.3 Å². The molecule has 0 bridgehead atoms. The zero-order valence-corrected chi connectivity index (χ0v) is 46.3. The number of carbonyl (C=O) groups is 5. The number of nitro groups is 1. The molecule has 0 spiro atoms. The van der Waals surface area contributed by atoms with Gasteiger partial charge >= 0.3 is 0 Å². The Morgan fingerprint density at radius 3 is 2.42 bits per heavy atom. The molecule has 1 atom stereocenters. The van der Waals surface area contributed by atoms with Crippen molar-refractivity contribution in [1.82, 2.24) is 29.8 Å². The molecule has 4 aromatic carbocycles. The zero-order valence-electron chi connectivity index (χ0n) is 44.8. The minimum absolute atomic E-state index is 0.0151. The van der Waals surface area contributed by atoms with E-state index in [1.807, 2.05) is 18.2 Å². The highest BCUT2D eigenvalue weighted by atomic mass is 35.5. The van der Waals surface area contributed by atoms with Gasteiger partial charge in [0.1, 0.15) is 28.9 Å². The van der Waals surface area contributed by atoms with E-state index in [0.29, 0.717) is 67.4 Å². The number of H-pyrrole nitrogens is 1. The number of aromatic nitrogens is 2. The van der Waals surface area contributed by atoms with Gasteiger partial charge in [-0.1, -0.05) is 49.2 Å². The lowest BCUT2D eigenvalue weighted by atomic mass is 9.72. The van der Waals surface area contributed by atoms with Crippen LogP contribution in [-0.4, -0.2) is 114 Å². The number of halogens is 1. The molecule has 6 aromatic rings. The molecule has 2 aromatic heterocycles. The van der Waals surface area contributed by atoms with Crippen molar-refractivity contribution in [3.8, 4) is 11.5 Å². The topological polar surface area (TPSA) is 258 Å². The van der Waals surface area contributed by atoms with E-state index in [0.717, 1.165) is 60.9 Å². The maximum Gasteiger partial charge on any atom is 0.293 e. The quantitative estimate of drug-likeness (QED) is 0.0344. The lowest BCUT2D eigenvalue weighted by Gasteiger charge is -2.39. The number of rotatable bonds is 16. The van der Waals surface area contributed by atoms with Gasteiger partial charge in [-0.2, -0.15) is 0 Å². The van der Waals surface area contributed by atoms with Gasteiger partial charge in [0.15, 0.2) is 0 Å². The second-order valence-corrected chi connectivity index (χ2v) is 24.5. The number of sulfonamides is 1. The zero-order chi connectivity index (χ0) is 56.7. The largest absolute Gasteiger partial charge is 0.455 e. The number of carbonyl (C=O) groups excluding carboxylic acids is 5. The van der Waals surface area contributed by atoms with Gasteiger partial charge in [0.2, 0.25) is 11.8 Å². The fourth-order valence-electron chi connectivity index (χ4n) is 11.8. The Morgan fingerprint density at radius 2 is 1.67 bits per heavy atom. The maximum atomic E-state index is 14.2. The van der Waals surface area contributed by atoms with Crippen LogP contribution >= 0.6 is 11.6 Å². The lowest BCUT2D eigenvalue weighted by Crippen LogP contribution is -2.54. The number of allylic oxidation sites excluding steroid dienone is 1. The molecule has 1 unspecified atom stereocenters. The van der Waals surface area contributed by atoms with E-state index in [2.05, 4.69) is 66.4 Å². The van der Waals surface area contributed by atoms with E-state index in [1.165, 1.54) is 41.1 Å². The summed E-state index contributed by atoms with van der Waals surface area (Å²) in [6.07, 6.45) is 9.18. The van der Waals surface area contributed by atoms with Crippen LogP contribution in [0, 0.1) is 21.4 Å². The highest BCUT2D eigenvalue weighted by Crippen LogP contribution is 2.44. The Kier molecular flexibility index (Phi) is 15.2. The monoisotopic (exact) mass is 1140 g/mol. The van der Waals surface area contributed by atoms with E-state index in [9.17, 15) is 42.5 Å². The van der Waals surface area contributed by atoms with Crippen LogP contribution in [-0.2, 0) is 19.6 Å². The SMILES string of the molecule is CC1(C)CCC(CN2CCN(c3ccc(C(=O)NS(=O)(=O)c4ccc(NCC5CCC(Nc6cccc7c6C(=O)N(C6CCC(=O)NC6=O)C7=O)CC5)c([N+](=O)[O-])c4)c(Oc4cnc5[nH]ccc5c4)c3)CC2)=C(c2ccc(Cl)cc2)C1. The number of ether oxygens (including phenoxy) is 1. The van der Waals surface area contributed by atoms with Crippen molar-refractivity contribution >= 4 is 90.5 Å². The van der Waals surface area contributed by atoms with E-state index >= 15 is 0 Å². The molecule has 81 heavy (non-hydrogen) atoms. The summed E-state index contributed by atoms with van der Waals surface area (Å²) in [7, 11) is -4.67. The van der Waals surface area contributed by atoms with Crippen LogP contribution in [0.1, 0.15) is 108 Å². The van der Waals surface area contributed by atoms with Crippen molar-refractivity contribution in [3.05, 3.63) is 146 Å². The van der Waals surface area contributed by atoms with Gasteiger partial charge < -0.3 is 25.3 Å². The first-order valence-electron chi connectivity index (χ1n) is 27.3. The molecule has 2 saturated heterocycles. The van der Waals surface area contributed by atoms with Gasteiger partial charge in [-0.05, 0) is 134 Å². The molecule has 11 rings (SSSR count). The normalized spacial score (nSPS) is 20.5. The lowest BCUT2D eigenvalue weighted by molar-refractivity contribution is -0.384. The molecule has 5 aliphatic rings. The summed E-state index contributed by atoms with van der Waals surface area (Å²) in [6.45, 7) is 8.80. The van der Waals surface area contributed by atoms with Crippen molar-refractivity contribution in [2.24, 2.45) is 11.3 Å². The number of anilines is 3. The van der Waals surface area contributed by atoms with Gasteiger partial charge in [0, 0.05) is 91.8 Å². The summed E-state index contributed by atoms with van der Waals surface area (Å²) in [4.78, 5) is 89.9. The van der Waals surface area contributed by atoms with Crippen LogP contribution in [0.2, 0.25) is 5.02 Å². The Balaban J connectivity index is 0.736. The first kappa shape index (κ1) is 54.8. The van der Waals surface area contributed by atoms with E-state index in [1.54, 1.807) is 42.6 Å². The summed E-state index contributed by atoms with van der Waals surface area (Å²) in [5, 5.41) is 22.7. The predicted octanol–water partition coefficient (Wildman–Crippen LogP) is 9.31. The Bertz CT molecular complexity index is 3660. The third-order valence-corrected chi connectivity index (χ3v) is 17.9. The van der Waals surface area contributed by atoms with E-state index < -0.39 is 61.1 Å². The predicted molar refractivity (Wildman–Crippen MR) is 306 cm³/mol. The summed E-state index contributed by atoms with van der Waals surface area (Å²) in [5.74, 6) is -2.84. The van der Waals surface area contributed by atoms with Gasteiger partial charge in [-0.3, -0.25) is 49.2 Å². The van der Waals surface area contributed by atoms with Crippen molar-refractivity contribution in [3.63, 3.8) is 0 Å². The standard InChI is InChI=1S/C59H61ClN10O10S/c1-59(2)22-20-38(46(31-59)36-8-10-39(60)11-9-36)34-67-24-26-68(27-25-67)41-14-16-44(51(29-41)80-42-28-37-21-23-61-54(37)63-33-42)55(72)66-81(78,79)43-15-17-47(50(30-43)70(76)77)62-32-35-6-12-40(13-7-35)64-48-5-3-4-45-53(48)58(75)69(57(45)74)49-18-19-52(71)65-56(49)73/h3-5,8-11,14-17,21,23,28-30,33,35,40,49,62,64H,6-7,12-13,18-20,22,24-27,31-32,34H2,1-2H3,(H,61,63)(H,66,72)(H,65,71,73). The second-order valence-electron chi connectivity index (χ2n) is 22.4. The van der Waals surface area contributed by atoms with Gasteiger partial charge in [0.25, 0.3) is 33.4 Å². The summed E-state index contributed by atoms with van der Waals surface area (Å²) < 4.78 is 36.4. The molecule has 20 nitrogen and oxygen atoms in total. The molecule has 5 amide bonds. The highest BCUT2D eigenvalue weighted by Gasteiger charge is 2.46. The number of aromatic amines is 1. The molecular weight excluding hydrogens is 1080 g/mol. The molecule has 5 heterocycles. The molecular formula is C59H61ClN10O10S. The summed E-state index contributed by atoms with van der Waals surface area (Å²) in [5.41, 5.74) is 6.01. The minimum Gasteiger partial charge on any atom is -0.455 e. The van der Waals surface area contributed by atoms with Crippen molar-refractivity contribution in [1.29, 1.82) is 0 Å². The number of pyridine rings is 1. The molecule has 22 heteroatoms.